The molecule has 0 atom stereocenters. The molecule has 1 aromatic heterocycles. The predicted octanol–water partition coefficient (Wildman–Crippen LogP) is 4.05. The van der Waals surface area contributed by atoms with Crippen molar-refractivity contribution in [2.24, 2.45) is 0 Å². The lowest BCUT2D eigenvalue weighted by molar-refractivity contribution is -0.138. The Balaban J connectivity index is 3.41. The molecular formula is C10H11ClF3N. The Morgan fingerprint density at radius 3 is 2.07 bits per heavy atom. The Morgan fingerprint density at radius 2 is 1.67 bits per heavy atom. The van der Waals surface area contributed by atoms with Crippen LogP contribution in [0.1, 0.15) is 31.9 Å². The van der Waals surface area contributed by atoms with Crippen LogP contribution in [0.25, 0.3) is 0 Å². The Labute approximate surface area is 91.3 Å². The van der Waals surface area contributed by atoms with Crippen molar-refractivity contribution in [3.05, 3.63) is 28.5 Å². The van der Waals surface area contributed by atoms with Gasteiger partial charge in [-0.1, -0.05) is 32.4 Å². The fourth-order valence-electron chi connectivity index (χ4n) is 1.26. The third-order valence-electron chi connectivity index (χ3n) is 1.98. The van der Waals surface area contributed by atoms with E-state index in [4.69, 9.17) is 11.6 Å². The zero-order valence-corrected chi connectivity index (χ0v) is 9.37. The van der Waals surface area contributed by atoms with Crippen LogP contribution in [0.4, 0.5) is 13.2 Å². The highest BCUT2D eigenvalue weighted by atomic mass is 35.5. The van der Waals surface area contributed by atoms with Crippen molar-refractivity contribution >= 4 is 11.6 Å². The number of pyridine rings is 1. The van der Waals surface area contributed by atoms with E-state index in [1.807, 2.05) is 0 Å². The van der Waals surface area contributed by atoms with Gasteiger partial charge in [-0.05, 0) is 17.0 Å². The lowest BCUT2D eigenvalue weighted by Gasteiger charge is -2.23. The van der Waals surface area contributed by atoms with Gasteiger partial charge in [-0.25, -0.2) is 4.98 Å². The highest BCUT2D eigenvalue weighted by Gasteiger charge is 2.36. The number of rotatable bonds is 0. The van der Waals surface area contributed by atoms with Crippen LogP contribution in [0.5, 0.6) is 0 Å². The van der Waals surface area contributed by atoms with Crippen LogP contribution in [0, 0.1) is 0 Å². The predicted molar refractivity (Wildman–Crippen MR) is 52.9 cm³/mol. The van der Waals surface area contributed by atoms with Crippen molar-refractivity contribution < 1.29 is 13.2 Å². The second-order valence-corrected chi connectivity index (χ2v) is 4.69. The van der Waals surface area contributed by atoms with Gasteiger partial charge in [-0.3, -0.25) is 0 Å². The summed E-state index contributed by atoms with van der Waals surface area (Å²) in [6.07, 6.45) is -3.21. The smallest absolute Gasteiger partial charge is 0.244 e. The van der Waals surface area contributed by atoms with E-state index in [0.29, 0.717) is 0 Å². The van der Waals surface area contributed by atoms with Gasteiger partial charge in [0, 0.05) is 6.20 Å². The molecule has 15 heavy (non-hydrogen) atoms. The summed E-state index contributed by atoms with van der Waals surface area (Å²) < 4.78 is 38.0. The van der Waals surface area contributed by atoms with Crippen LogP contribution in [0.3, 0.4) is 0 Å². The molecule has 0 aliphatic carbocycles. The summed E-state index contributed by atoms with van der Waals surface area (Å²) in [6, 6.07) is 0.863. The first-order chi connectivity index (χ1) is 6.62. The van der Waals surface area contributed by atoms with Crippen LogP contribution >= 0.6 is 11.6 Å². The third kappa shape index (κ3) is 2.84. The molecular weight excluding hydrogens is 227 g/mol. The number of aromatic nitrogens is 1. The van der Waals surface area contributed by atoms with E-state index in [0.717, 1.165) is 6.07 Å². The van der Waals surface area contributed by atoms with Gasteiger partial charge in [0.2, 0.25) is 0 Å². The highest BCUT2D eigenvalue weighted by molar-refractivity contribution is 6.29. The highest BCUT2D eigenvalue weighted by Crippen LogP contribution is 2.37. The molecule has 0 amide bonds. The minimum atomic E-state index is -4.39. The van der Waals surface area contributed by atoms with E-state index in [1.54, 1.807) is 20.8 Å². The molecule has 0 aliphatic heterocycles. The number of halogens is 4. The second-order valence-electron chi connectivity index (χ2n) is 4.30. The number of nitrogens with zero attached hydrogens (tertiary/aromatic N) is 1. The van der Waals surface area contributed by atoms with E-state index >= 15 is 0 Å². The second kappa shape index (κ2) is 3.67. The van der Waals surface area contributed by atoms with Crippen LogP contribution in [0.2, 0.25) is 5.15 Å². The maximum Gasteiger partial charge on any atom is 0.416 e. The first-order valence-electron chi connectivity index (χ1n) is 4.35. The van der Waals surface area contributed by atoms with Crippen LogP contribution < -0.4 is 0 Å². The standard InChI is InChI=1S/C10H11ClF3N/c1-9(2,3)7-5-15-8(11)4-6(7)10(12,13)14/h4-5H,1-3H3. The van der Waals surface area contributed by atoms with Crippen molar-refractivity contribution in [1.82, 2.24) is 4.98 Å². The number of alkyl halides is 3. The molecule has 0 aromatic carbocycles. The Kier molecular flexibility index (Phi) is 3.01. The van der Waals surface area contributed by atoms with Gasteiger partial charge in [0.15, 0.2) is 0 Å². The first-order valence-corrected chi connectivity index (χ1v) is 4.73. The normalized spacial score (nSPS) is 13.0. The van der Waals surface area contributed by atoms with Gasteiger partial charge in [0.05, 0.1) is 5.56 Å². The van der Waals surface area contributed by atoms with E-state index < -0.39 is 17.2 Å². The summed E-state index contributed by atoms with van der Waals surface area (Å²) in [5, 5.41) is -0.143. The zero-order chi connectivity index (χ0) is 11.9. The van der Waals surface area contributed by atoms with Gasteiger partial charge in [0.25, 0.3) is 0 Å². The monoisotopic (exact) mass is 237 g/mol. The molecule has 1 nitrogen and oxygen atoms in total. The lowest BCUT2D eigenvalue weighted by Crippen LogP contribution is -2.19. The van der Waals surface area contributed by atoms with E-state index in [9.17, 15) is 13.2 Å². The van der Waals surface area contributed by atoms with Crippen molar-refractivity contribution in [2.45, 2.75) is 32.4 Å². The van der Waals surface area contributed by atoms with Crippen molar-refractivity contribution in [3.8, 4) is 0 Å². The molecule has 0 fully saturated rings. The van der Waals surface area contributed by atoms with Gasteiger partial charge in [0.1, 0.15) is 5.15 Å². The number of hydrogen-bond donors (Lipinski definition) is 0. The minimum absolute atomic E-state index is 0.143. The summed E-state index contributed by atoms with van der Waals surface area (Å²) in [5.74, 6) is 0. The summed E-state index contributed by atoms with van der Waals surface area (Å²) >= 11 is 5.46. The van der Waals surface area contributed by atoms with E-state index in [2.05, 4.69) is 4.98 Å². The molecule has 1 heterocycles. The average Bonchev–Trinajstić information content (AvgIpc) is 2.00. The molecule has 0 saturated heterocycles. The van der Waals surface area contributed by atoms with Crippen LogP contribution in [-0.4, -0.2) is 4.98 Å². The van der Waals surface area contributed by atoms with Gasteiger partial charge < -0.3 is 0 Å². The SMILES string of the molecule is CC(C)(C)c1cnc(Cl)cc1C(F)(F)F. The molecule has 0 unspecified atom stereocenters. The maximum absolute atomic E-state index is 12.7. The lowest BCUT2D eigenvalue weighted by atomic mass is 9.85. The molecule has 0 N–H and O–H groups in total. The molecule has 84 valence electrons. The summed E-state index contributed by atoms with van der Waals surface area (Å²) in [4.78, 5) is 3.69. The Hall–Kier alpha value is -0.770. The minimum Gasteiger partial charge on any atom is -0.244 e. The molecule has 1 rings (SSSR count). The van der Waals surface area contributed by atoms with Crippen molar-refractivity contribution in [3.63, 3.8) is 0 Å². The molecule has 1 aromatic rings. The number of hydrogen-bond acceptors (Lipinski definition) is 1. The first kappa shape index (κ1) is 12.3. The Bertz CT molecular complexity index is 366. The Morgan fingerprint density at radius 1 is 1.13 bits per heavy atom. The molecule has 0 aliphatic rings. The van der Waals surface area contributed by atoms with Crippen LogP contribution in [0.15, 0.2) is 12.3 Å². The fraction of sp³-hybridized carbons (Fsp3) is 0.500. The van der Waals surface area contributed by atoms with Crippen molar-refractivity contribution in [1.29, 1.82) is 0 Å². The van der Waals surface area contributed by atoms with Crippen molar-refractivity contribution in [2.75, 3.05) is 0 Å². The van der Waals surface area contributed by atoms with E-state index in [1.165, 1.54) is 6.20 Å². The topological polar surface area (TPSA) is 12.9 Å². The largest absolute Gasteiger partial charge is 0.416 e. The summed E-state index contributed by atoms with van der Waals surface area (Å²) in [5.41, 5.74) is -1.17. The van der Waals surface area contributed by atoms with Gasteiger partial charge in [-0.15, -0.1) is 0 Å². The summed E-state index contributed by atoms with van der Waals surface area (Å²) in [6.45, 7) is 5.10. The van der Waals surface area contributed by atoms with Crippen LogP contribution in [-0.2, 0) is 11.6 Å². The fourth-order valence-corrected chi connectivity index (χ4v) is 1.42. The third-order valence-corrected chi connectivity index (χ3v) is 2.19. The van der Waals surface area contributed by atoms with Gasteiger partial charge >= 0.3 is 6.18 Å². The molecule has 0 spiro atoms. The quantitative estimate of drug-likeness (QED) is 0.621. The molecule has 0 saturated carbocycles. The van der Waals surface area contributed by atoms with E-state index in [-0.39, 0.29) is 10.7 Å². The molecule has 0 radical (unpaired) electrons. The van der Waals surface area contributed by atoms with Gasteiger partial charge in [-0.2, -0.15) is 13.2 Å². The maximum atomic E-state index is 12.7. The summed E-state index contributed by atoms with van der Waals surface area (Å²) in [7, 11) is 0. The molecule has 5 heteroatoms. The zero-order valence-electron chi connectivity index (χ0n) is 8.61. The molecule has 0 bridgehead atoms. The average molecular weight is 238 g/mol.